The van der Waals surface area contributed by atoms with Gasteiger partial charge < -0.3 is 19.5 Å². The van der Waals surface area contributed by atoms with Crippen molar-refractivity contribution in [2.75, 3.05) is 46.4 Å². The van der Waals surface area contributed by atoms with Gasteiger partial charge in [0.1, 0.15) is 5.56 Å². The lowest BCUT2D eigenvalue weighted by atomic mass is 9.94. The Bertz CT molecular complexity index is 1230. The van der Waals surface area contributed by atoms with E-state index >= 15 is 0 Å². The first kappa shape index (κ1) is 26.8. The van der Waals surface area contributed by atoms with Gasteiger partial charge in [0.2, 0.25) is 15.5 Å². The van der Waals surface area contributed by atoms with Crippen molar-refractivity contribution >= 4 is 26.8 Å². The first-order valence-corrected chi connectivity index (χ1v) is 14.5. The van der Waals surface area contributed by atoms with Crippen LogP contribution >= 0.6 is 0 Å². The highest BCUT2D eigenvalue weighted by molar-refractivity contribution is 7.89. The Hall–Kier alpha value is -2.27. The molecule has 1 saturated carbocycles. The van der Waals surface area contributed by atoms with Gasteiger partial charge in [-0.2, -0.15) is 4.31 Å². The SMILES string of the molecule is CCn1cc(C(=O)NCCCN(C)C2CCCCC2)c(=O)c2cc(S(=O)(=O)N3CCOCC3)ccc21. The molecular formula is C26H38N4O5S. The molecule has 1 aromatic heterocycles. The third-order valence-corrected chi connectivity index (χ3v) is 9.31. The van der Waals surface area contributed by atoms with Gasteiger partial charge in [0.25, 0.3) is 5.91 Å². The second kappa shape index (κ2) is 11.9. The number of sulfonamides is 1. The fraction of sp³-hybridized carbons (Fsp3) is 0.615. The smallest absolute Gasteiger partial charge is 0.256 e. The predicted molar refractivity (Wildman–Crippen MR) is 140 cm³/mol. The Morgan fingerprint density at radius 3 is 2.58 bits per heavy atom. The van der Waals surface area contributed by atoms with E-state index in [1.807, 2.05) is 11.5 Å². The predicted octanol–water partition coefficient (Wildman–Crippen LogP) is 2.43. The highest BCUT2D eigenvalue weighted by atomic mass is 32.2. The van der Waals surface area contributed by atoms with E-state index in [4.69, 9.17) is 4.74 Å². The van der Waals surface area contributed by atoms with Gasteiger partial charge in [0.05, 0.1) is 23.6 Å². The zero-order valence-electron chi connectivity index (χ0n) is 21.4. The summed E-state index contributed by atoms with van der Waals surface area (Å²) in [5.74, 6) is -0.425. The molecule has 2 fully saturated rings. The number of pyridine rings is 1. The van der Waals surface area contributed by atoms with Crippen LogP contribution in [0, 0.1) is 0 Å². The van der Waals surface area contributed by atoms with Crippen LogP contribution in [-0.4, -0.2) is 80.6 Å². The quantitative estimate of drug-likeness (QED) is 0.512. The molecule has 1 aliphatic heterocycles. The topological polar surface area (TPSA) is 101 Å². The highest BCUT2D eigenvalue weighted by Crippen LogP contribution is 2.23. The molecule has 2 heterocycles. The number of aromatic nitrogens is 1. The molecule has 0 bridgehead atoms. The summed E-state index contributed by atoms with van der Waals surface area (Å²) in [5, 5.41) is 3.12. The van der Waals surface area contributed by atoms with E-state index in [1.165, 1.54) is 48.5 Å². The lowest BCUT2D eigenvalue weighted by molar-refractivity contribution is 0.0730. The summed E-state index contributed by atoms with van der Waals surface area (Å²) in [6, 6.07) is 5.21. The van der Waals surface area contributed by atoms with Crippen LogP contribution in [0.2, 0.25) is 0 Å². The fourth-order valence-electron chi connectivity index (χ4n) is 5.23. The Morgan fingerprint density at radius 1 is 1.17 bits per heavy atom. The van der Waals surface area contributed by atoms with Crippen molar-refractivity contribution in [3.8, 4) is 0 Å². The monoisotopic (exact) mass is 518 g/mol. The maximum Gasteiger partial charge on any atom is 0.256 e. The van der Waals surface area contributed by atoms with Gasteiger partial charge in [-0.05, 0) is 58.0 Å². The van der Waals surface area contributed by atoms with Crippen LogP contribution in [0.1, 0.15) is 55.8 Å². The van der Waals surface area contributed by atoms with Crippen LogP contribution < -0.4 is 10.7 Å². The van der Waals surface area contributed by atoms with Crippen molar-refractivity contribution in [2.24, 2.45) is 0 Å². The number of rotatable bonds is 9. The third kappa shape index (κ3) is 5.82. The normalized spacial score (nSPS) is 18.1. The second-order valence-electron chi connectivity index (χ2n) is 9.74. The summed E-state index contributed by atoms with van der Waals surface area (Å²) in [4.78, 5) is 28.7. The van der Waals surface area contributed by atoms with Crippen LogP contribution in [0.5, 0.6) is 0 Å². The summed E-state index contributed by atoms with van der Waals surface area (Å²) in [6.07, 6.45) is 8.74. The fourth-order valence-corrected chi connectivity index (χ4v) is 6.66. The molecule has 10 heteroatoms. The lowest BCUT2D eigenvalue weighted by Gasteiger charge is -2.31. The Labute approximate surface area is 213 Å². The van der Waals surface area contributed by atoms with E-state index in [9.17, 15) is 18.0 Å². The number of fused-ring (bicyclic) bond motifs is 1. The van der Waals surface area contributed by atoms with Gasteiger partial charge >= 0.3 is 0 Å². The molecule has 2 aliphatic rings. The molecular weight excluding hydrogens is 480 g/mol. The van der Waals surface area contributed by atoms with Crippen molar-refractivity contribution in [1.82, 2.24) is 19.1 Å². The molecule has 0 spiro atoms. The number of nitrogens with zero attached hydrogens (tertiary/aromatic N) is 3. The summed E-state index contributed by atoms with van der Waals surface area (Å²) in [5.41, 5.74) is 0.186. The van der Waals surface area contributed by atoms with E-state index in [1.54, 1.807) is 12.3 Å². The summed E-state index contributed by atoms with van der Waals surface area (Å²) in [7, 11) is -1.62. The average Bonchev–Trinajstić information content (AvgIpc) is 2.92. The first-order valence-electron chi connectivity index (χ1n) is 13.1. The van der Waals surface area contributed by atoms with Crippen LogP contribution in [0.25, 0.3) is 10.9 Å². The van der Waals surface area contributed by atoms with Crippen molar-refractivity contribution in [2.45, 2.75) is 62.9 Å². The summed E-state index contributed by atoms with van der Waals surface area (Å²) >= 11 is 0. The molecule has 9 nitrogen and oxygen atoms in total. The van der Waals surface area contributed by atoms with Crippen LogP contribution in [0.3, 0.4) is 0 Å². The van der Waals surface area contributed by atoms with Crippen molar-refractivity contribution in [3.05, 3.63) is 40.2 Å². The second-order valence-corrected chi connectivity index (χ2v) is 11.7. The number of nitrogens with one attached hydrogen (secondary N) is 1. The van der Waals surface area contributed by atoms with E-state index in [2.05, 4.69) is 17.3 Å². The number of aryl methyl sites for hydroxylation is 1. The number of ether oxygens (including phenoxy) is 1. The Morgan fingerprint density at radius 2 is 1.89 bits per heavy atom. The molecule has 1 N–H and O–H groups in total. The Kier molecular flexibility index (Phi) is 8.82. The van der Waals surface area contributed by atoms with Gasteiger partial charge in [0.15, 0.2) is 0 Å². The zero-order chi connectivity index (χ0) is 25.7. The van der Waals surface area contributed by atoms with E-state index in [0.717, 1.165) is 13.0 Å². The molecule has 0 radical (unpaired) electrons. The standard InChI is InChI=1S/C26H38N4O5S/c1-3-29-19-23(26(32)27-12-7-13-28(2)20-8-5-4-6-9-20)25(31)22-18-21(10-11-24(22)29)36(33,34)30-14-16-35-17-15-30/h10-11,18-20H,3-9,12-17H2,1-2H3,(H,27,32). The molecule has 0 unspecified atom stereocenters. The number of amides is 1. The van der Waals surface area contributed by atoms with E-state index in [0.29, 0.717) is 37.9 Å². The number of morpholine rings is 1. The molecule has 2 aromatic rings. The minimum atomic E-state index is -3.76. The minimum Gasteiger partial charge on any atom is -0.379 e. The van der Waals surface area contributed by atoms with E-state index in [-0.39, 0.29) is 28.9 Å². The summed E-state index contributed by atoms with van der Waals surface area (Å²) in [6.45, 7) is 5.07. The number of hydrogen-bond donors (Lipinski definition) is 1. The van der Waals surface area contributed by atoms with E-state index < -0.39 is 21.4 Å². The lowest BCUT2D eigenvalue weighted by Crippen LogP contribution is -2.40. The van der Waals surface area contributed by atoms with Crippen LogP contribution in [0.4, 0.5) is 0 Å². The molecule has 198 valence electrons. The molecule has 4 rings (SSSR count). The van der Waals surface area contributed by atoms with Crippen LogP contribution in [0.15, 0.2) is 34.1 Å². The van der Waals surface area contributed by atoms with Gasteiger partial charge in [-0.3, -0.25) is 9.59 Å². The molecule has 1 saturated heterocycles. The van der Waals surface area contributed by atoms with Gasteiger partial charge in [-0.15, -0.1) is 0 Å². The highest BCUT2D eigenvalue weighted by Gasteiger charge is 2.27. The number of carbonyl (C=O) groups excluding carboxylic acids is 1. The van der Waals surface area contributed by atoms with Crippen LogP contribution in [-0.2, 0) is 21.3 Å². The first-order chi connectivity index (χ1) is 17.3. The molecule has 1 aliphatic carbocycles. The van der Waals surface area contributed by atoms with Gasteiger partial charge in [-0.1, -0.05) is 19.3 Å². The number of hydrogen-bond acceptors (Lipinski definition) is 6. The minimum absolute atomic E-state index is 0.0332. The zero-order valence-corrected chi connectivity index (χ0v) is 22.2. The largest absolute Gasteiger partial charge is 0.379 e. The van der Waals surface area contributed by atoms with Gasteiger partial charge in [0, 0.05) is 43.8 Å². The molecule has 1 amide bonds. The molecule has 0 atom stereocenters. The van der Waals surface area contributed by atoms with Crippen molar-refractivity contribution < 1.29 is 17.9 Å². The number of benzene rings is 1. The molecule has 36 heavy (non-hydrogen) atoms. The molecule has 1 aromatic carbocycles. The Balaban J connectivity index is 1.50. The maximum atomic E-state index is 13.3. The number of carbonyl (C=O) groups is 1. The third-order valence-electron chi connectivity index (χ3n) is 7.42. The average molecular weight is 519 g/mol. The van der Waals surface area contributed by atoms with Gasteiger partial charge in [-0.25, -0.2) is 8.42 Å². The summed E-state index contributed by atoms with van der Waals surface area (Å²) < 4.78 is 34.7. The van der Waals surface area contributed by atoms with Crippen molar-refractivity contribution in [3.63, 3.8) is 0 Å². The maximum absolute atomic E-state index is 13.3. The van der Waals surface area contributed by atoms with Crippen molar-refractivity contribution in [1.29, 1.82) is 0 Å².